The maximum absolute atomic E-state index is 13.0. The van der Waals surface area contributed by atoms with E-state index in [1.165, 1.54) is 30.5 Å². The van der Waals surface area contributed by atoms with Crippen molar-refractivity contribution in [3.63, 3.8) is 0 Å². The van der Waals surface area contributed by atoms with Gasteiger partial charge in [0.25, 0.3) is 5.91 Å². The molecule has 2 N–H and O–H groups in total. The normalized spacial score (nSPS) is 10.4. The third-order valence-electron chi connectivity index (χ3n) is 2.39. The second kappa shape index (κ2) is 6.10. The highest BCUT2D eigenvalue weighted by atomic mass is 19.1. The summed E-state index contributed by atoms with van der Waals surface area (Å²) in [7, 11) is 0. The van der Waals surface area contributed by atoms with Crippen LogP contribution in [-0.2, 0) is 0 Å². The van der Waals surface area contributed by atoms with Crippen LogP contribution in [0.25, 0.3) is 0 Å². The fourth-order valence-electron chi connectivity index (χ4n) is 1.57. The van der Waals surface area contributed by atoms with E-state index >= 15 is 0 Å². The molecule has 20 heavy (non-hydrogen) atoms. The first-order valence-corrected chi connectivity index (χ1v) is 6.21. The van der Waals surface area contributed by atoms with Crippen molar-refractivity contribution in [2.24, 2.45) is 0 Å². The Bertz CT molecular complexity index is 616. The average Bonchev–Trinajstić information content (AvgIpc) is 2.38. The van der Waals surface area contributed by atoms with Crippen LogP contribution in [0.2, 0.25) is 0 Å². The van der Waals surface area contributed by atoms with E-state index in [1.807, 2.05) is 13.8 Å². The smallest absolute Gasteiger partial charge is 0.274 e. The summed E-state index contributed by atoms with van der Waals surface area (Å²) >= 11 is 0. The lowest BCUT2D eigenvalue weighted by Crippen LogP contribution is -2.17. The highest BCUT2D eigenvalue weighted by Gasteiger charge is 2.10. The van der Waals surface area contributed by atoms with Crippen LogP contribution in [0.1, 0.15) is 24.3 Å². The molecule has 0 aliphatic rings. The number of aromatic nitrogens is 2. The minimum atomic E-state index is -0.412. The number of halogens is 1. The molecular weight excluding hydrogens is 259 g/mol. The van der Waals surface area contributed by atoms with Gasteiger partial charge in [-0.3, -0.25) is 4.79 Å². The average molecular weight is 274 g/mol. The van der Waals surface area contributed by atoms with Gasteiger partial charge in [-0.1, -0.05) is 6.07 Å². The number of amides is 1. The molecule has 104 valence electrons. The molecule has 1 amide bonds. The molecule has 5 nitrogen and oxygen atoms in total. The summed E-state index contributed by atoms with van der Waals surface area (Å²) < 4.78 is 13.0. The van der Waals surface area contributed by atoms with Crippen LogP contribution in [0.4, 0.5) is 16.0 Å². The molecule has 2 aromatic rings. The molecule has 0 saturated heterocycles. The van der Waals surface area contributed by atoms with Gasteiger partial charge in [0.2, 0.25) is 5.95 Å². The summed E-state index contributed by atoms with van der Waals surface area (Å²) in [6.07, 6.45) is 1.50. The third kappa shape index (κ3) is 3.74. The molecule has 2 rings (SSSR count). The van der Waals surface area contributed by atoms with Crippen LogP contribution in [0.3, 0.4) is 0 Å². The lowest BCUT2D eigenvalue weighted by Gasteiger charge is -2.09. The lowest BCUT2D eigenvalue weighted by atomic mass is 10.3. The van der Waals surface area contributed by atoms with Crippen LogP contribution in [-0.4, -0.2) is 21.9 Å². The quantitative estimate of drug-likeness (QED) is 0.899. The molecule has 0 spiro atoms. The van der Waals surface area contributed by atoms with E-state index < -0.39 is 11.7 Å². The van der Waals surface area contributed by atoms with E-state index in [4.69, 9.17) is 0 Å². The predicted molar refractivity (Wildman–Crippen MR) is 75.1 cm³/mol. The van der Waals surface area contributed by atoms with Crippen molar-refractivity contribution in [1.29, 1.82) is 0 Å². The summed E-state index contributed by atoms with van der Waals surface area (Å²) in [4.78, 5) is 20.1. The van der Waals surface area contributed by atoms with Crippen molar-refractivity contribution in [3.05, 3.63) is 48.0 Å². The molecule has 0 aliphatic heterocycles. The van der Waals surface area contributed by atoms with Gasteiger partial charge < -0.3 is 10.6 Å². The summed E-state index contributed by atoms with van der Waals surface area (Å²) in [6, 6.07) is 7.35. The van der Waals surface area contributed by atoms with Crippen molar-refractivity contribution in [1.82, 2.24) is 9.97 Å². The lowest BCUT2D eigenvalue weighted by molar-refractivity contribution is 0.102. The third-order valence-corrected chi connectivity index (χ3v) is 2.39. The Morgan fingerprint density at radius 1 is 1.30 bits per heavy atom. The van der Waals surface area contributed by atoms with Crippen molar-refractivity contribution >= 4 is 17.5 Å². The first kappa shape index (κ1) is 13.9. The number of rotatable bonds is 4. The molecular formula is C14H15FN4O. The Labute approximate surface area is 116 Å². The monoisotopic (exact) mass is 274 g/mol. The SMILES string of the molecule is CC(C)Nc1nccc(C(=O)Nc2cccc(F)c2)n1. The number of nitrogens with one attached hydrogen (secondary N) is 2. The molecule has 1 heterocycles. The molecule has 0 atom stereocenters. The summed E-state index contributed by atoms with van der Waals surface area (Å²) in [5, 5.41) is 5.59. The molecule has 1 aromatic heterocycles. The van der Waals surface area contributed by atoms with E-state index in [0.29, 0.717) is 11.6 Å². The molecule has 0 fully saturated rings. The topological polar surface area (TPSA) is 66.9 Å². The zero-order valence-electron chi connectivity index (χ0n) is 11.2. The van der Waals surface area contributed by atoms with Crippen molar-refractivity contribution in [2.75, 3.05) is 10.6 Å². The van der Waals surface area contributed by atoms with Gasteiger partial charge in [0.15, 0.2) is 0 Å². The number of benzene rings is 1. The van der Waals surface area contributed by atoms with Crippen molar-refractivity contribution < 1.29 is 9.18 Å². The van der Waals surface area contributed by atoms with Crippen molar-refractivity contribution in [2.45, 2.75) is 19.9 Å². The summed E-state index contributed by atoms with van der Waals surface area (Å²) in [6.45, 7) is 3.89. The largest absolute Gasteiger partial charge is 0.352 e. The molecule has 0 aliphatic carbocycles. The molecule has 0 radical (unpaired) electrons. The maximum Gasteiger partial charge on any atom is 0.274 e. The van der Waals surface area contributed by atoms with E-state index in [0.717, 1.165) is 0 Å². The summed E-state index contributed by atoms with van der Waals surface area (Å²) in [5.74, 6) is -0.440. The first-order chi connectivity index (χ1) is 9.54. The number of carbonyl (C=O) groups excluding carboxylic acids is 1. The fraction of sp³-hybridized carbons (Fsp3) is 0.214. The fourth-order valence-corrected chi connectivity index (χ4v) is 1.57. The molecule has 0 saturated carbocycles. The molecule has 0 bridgehead atoms. The van der Waals surface area contributed by atoms with Crippen LogP contribution in [0, 0.1) is 5.82 Å². The zero-order valence-corrected chi connectivity index (χ0v) is 11.2. The van der Waals surface area contributed by atoms with E-state index in [1.54, 1.807) is 6.07 Å². The van der Waals surface area contributed by atoms with Gasteiger partial charge in [-0.25, -0.2) is 14.4 Å². The Kier molecular flexibility index (Phi) is 4.24. The van der Waals surface area contributed by atoms with Crippen LogP contribution < -0.4 is 10.6 Å². The number of hydrogen-bond donors (Lipinski definition) is 2. The van der Waals surface area contributed by atoms with Gasteiger partial charge in [0.05, 0.1) is 0 Å². The van der Waals surface area contributed by atoms with Gasteiger partial charge in [0.1, 0.15) is 11.5 Å². The Morgan fingerprint density at radius 2 is 2.10 bits per heavy atom. The summed E-state index contributed by atoms with van der Waals surface area (Å²) in [5.41, 5.74) is 0.597. The minimum Gasteiger partial charge on any atom is -0.352 e. The van der Waals surface area contributed by atoms with Gasteiger partial charge in [-0.05, 0) is 38.1 Å². The molecule has 1 aromatic carbocycles. The number of nitrogens with zero attached hydrogens (tertiary/aromatic N) is 2. The second-order valence-corrected chi connectivity index (χ2v) is 4.53. The first-order valence-electron chi connectivity index (χ1n) is 6.21. The standard InChI is InChI=1S/C14H15FN4O/c1-9(2)17-14-16-7-6-12(19-14)13(20)18-11-5-3-4-10(15)8-11/h3-9H,1-2H3,(H,18,20)(H,16,17,19). The van der Waals surface area contributed by atoms with Gasteiger partial charge in [-0.2, -0.15) is 0 Å². The highest BCUT2D eigenvalue weighted by molar-refractivity contribution is 6.02. The van der Waals surface area contributed by atoms with Gasteiger partial charge in [0, 0.05) is 17.9 Å². The Hall–Kier alpha value is -2.50. The number of carbonyl (C=O) groups is 1. The number of anilines is 2. The Balaban J connectivity index is 2.13. The minimum absolute atomic E-state index is 0.163. The van der Waals surface area contributed by atoms with Crippen molar-refractivity contribution in [3.8, 4) is 0 Å². The maximum atomic E-state index is 13.0. The zero-order chi connectivity index (χ0) is 14.5. The predicted octanol–water partition coefficient (Wildman–Crippen LogP) is 2.69. The molecule has 6 heteroatoms. The van der Waals surface area contributed by atoms with Gasteiger partial charge >= 0.3 is 0 Å². The number of hydrogen-bond acceptors (Lipinski definition) is 4. The van der Waals surface area contributed by atoms with Crippen LogP contribution in [0.15, 0.2) is 36.5 Å². The van der Waals surface area contributed by atoms with E-state index in [9.17, 15) is 9.18 Å². The Morgan fingerprint density at radius 3 is 2.80 bits per heavy atom. The van der Waals surface area contributed by atoms with Crippen LogP contribution in [0.5, 0.6) is 0 Å². The highest BCUT2D eigenvalue weighted by Crippen LogP contribution is 2.11. The molecule has 0 unspecified atom stereocenters. The van der Waals surface area contributed by atoms with Crippen LogP contribution >= 0.6 is 0 Å². The van der Waals surface area contributed by atoms with E-state index in [-0.39, 0.29) is 11.7 Å². The van der Waals surface area contributed by atoms with Gasteiger partial charge in [-0.15, -0.1) is 0 Å². The van der Waals surface area contributed by atoms with E-state index in [2.05, 4.69) is 20.6 Å². The second-order valence-electron chi connectivity index (χ2n) is 4.53.